The number of amides is 2. The molecule has 3 rings (SSSR count). The van der Waals surface area contributed by atoms with Gasteiger partial charge in [-0.05, 0) is 23.3 Å². The molecule has 0 radical (unpaired) electrons. The number of hydrogen-bond acceptors (Lipinski definition) is 3. The van der Waals surface area contributed by atoms with Crippen LogP contribution < -0.4 is 5.32 Å². The van der Waals surface area contributed by atoms with Gasteiger partial charge < -0.3 is 15.3 Å². The Labute approximate surface area is 134 Å². The molecule has 0 aromatic heterocycles. The zero-order valence-corrected chi connectivity index (χ0v) is 12.6. The summed E-state index contributed by atoms with van der Waals surface area (Å²) >= 11 is 0. The summed E-state index contributed by atoms with van der Waals surface area (Å²) in [6.45, 7) is 0.513. The van der Waals surface area contributed by atoms with Crippen molar-refractivity contribution in [3.8, 4) is 5.75 Å². The van der Waals surface area contributed by atoms with Crippen molar-refractivity contribution >= 4 is 11.8 Å². The average molecular weight is 310 g/mol. The fourth-order valence-corrected chi connectivity index (χ4v) is 2.72. The Kier molecular flexibility index (Phi) is 4.28. The molecule has 0 unspecified atom stereocenters. The highest BCUT2D eigenvalue weighted by molar-refractivity contribution is 5.95. The number of nitrogens with zero attached hydrogens (tertiary/aromatic N) is 1. The van der Waals surface area contributed by atoms with Crippen LogP contribution >= 0.6 is 0 Å². The van der Waals surface area contributed by atoms with Crippen LogP contribution in [0.25, 0.3) is 0 Å². The molecule has 1 aliphatic rings. The molecule has 1 heterocycles. The Hall–Kier alpha value is -2.82. The highest BCUT2D eigenvalue weighted by Crippen LogP contribution is 2.15. The lowest BCUT2D eigenvalue weighted by Gasteiger charge is -2.32. The lowest BCUT2D eigenvalue weighted by atomic mass is 10.0. The highest BCUT2D eigenvalue weighted by atomic mass is 16.3. The van der Waals surface area contributed by atoms with E-state index < -0.39 is 6.04 Å². The second-order valence-electron chi connectivity index (χ2n) is 5.67. The number of phenolic OH excluding ortho intramolecular Hbond substituents is 1. The van der Waals surface area contributed by atoms with Gasteiger partial charge in [0.15, 0.2) is 0 Å². The predicted octanol–water partition coefficient (Wildman–Crippen LogP) is 1.46. The second kappa shape index (κ2) is 6.52. The van der Waals surface area contributed by atoms with Crippen LogP contribution in [-0.4, -0.2) is 34.4 Å². The number of benzene rings is 2. The first-order chi connectivity index (χ1) is 11.1. The minimum absolute atomic E-state index is 0.0819. The van der Waals surface area contributed by atoms with Gasteiger partial charge in [0.05, 0.1) is 6.54 Å². The van der Waals surface area contributed by atoms with Crippen LogP contribution in [-0.2, 0) is 22.6 Å². The monoisotopic (exact) mass is 310 g/mol. The molecule has 2 aromatic carbocycles. The molecule has 0 spiro atoms. The Morgan fingerprint density at radius 2 is 1.70 bits per heavy atom. The zero-order chi connectivity index (χ0) is 16.2. The van der Waals surface area contributed by atoms with E-state index in [0.29, 0.717) is 13.0 Å². The van der Waals surface area contributed by atoms with Crippen molar-refractivity contribution < 1.29 is 14.7 Å². The van der Waals surface area contributed by atoms with Gasteiger partial charge in [0, 0.05) is 13.0 Å². The molecule has 1 atom stereocenters. The van der Waals surface area contributed by atoms with Crippen molar-refractivity contribution in [1.82, 2.24) is 10.2 Å². The number of piperazine rings is 1. The van der Waals surface area contributed by atoms with Gasteiger partial charge in [0.2, 0.25) is 11.8 Å². The molecule has 2 amide bonds. The summed E-state index contributed by atoms with van der Waals surface area (Å²) < 4.78 is 0. The topological polar surface area (TPSA) is 69.6 Å². The standard InChI is InChI=1S/C18H18N2O3/c21-15-8-6-13(7-9-15)10-16-18(23)20(12-17(22)19-16)11-14-4-2-1-3-5-14/h1-9,16,21H,10-12H2,(H,19,22)/t16-/m0/s1. The summed E-state index contributed by atoms with van der Waals surface area (Å²) in [4.78, 5) is 26.1. The molecular weight excluding hydrogens is 292 g/mol. The molecule has 2 N–H and O–H groups in total. The maximum Gasteiger partial charge on any atom is 0.246 e. The first-order valence-corrected chi connectivity index (χ1v) is 7.52. The minimum Gasteiger partial charge on any atom is -0.508 e. The number of rotatable bonds is 4. The van der Waals surface area contributed by atoms with Crippen LogP contribution in [0.2, 0.25) is 0 Å². The van der Waals surface area contributed by atoms with Gasteiger partial charge in [-0.1, -0.05) is 42.5 Å². The molecule has 5 nitrogen and oxygen atoms in total. The average Bonchev–Trinajstić information content (AvgIpc) is 2.55. The second-order valence-corrected chi connectivity index (χ2v) is 5.67. The maximum absolute atomic E-state index is 12.6. The van der Waals surface area contributed by atoms with Gasteiger partial charge in [0.1, 0.15) is 11.8 Å². The molecule has 0 aliphatic carbocycles. The number of aromatic hydroxyl groups is 1. The van der Waals surface area contributed by atoms with E-state index in [1.54, 1.807) is 29.2 Å². The van der Waals surface area contributed by atoms with E-state index in [2.05, 4.69) is 5.32 Å². The summed E-state index contributed by atoms with van der Waals surface area (Å²) in [7, 11) is 0. The van der Waals surface area contributed by atoms with Crippen LogP contribution in [0.15, 0.2) is 54.6 Å². The Morgan fingerprint density at radius 1 is 1.00 bits per heavy atom. The molecule has 23 heavy (non-hydrogen) atoms. The Morgan fingerprint density at radius 3 is 2.39 bits per heavy atom. The zero-order valence-electron chi connectivity index (χ0n) is 12.6. The third-order valence-corrected chi connectivity index (χ3v) is 3.87. The normalized spacial score (nSPS) is 17.9. The lowest BCUT2D eigenvalue weighted by Crippen LogP contribution is -2.58. The van der Waals surface area contributed by atoms with Crippen LogP contribution in [0.5, 0.6) is 5.75 Å². The number of hydrogen-bond donors (Lipinski definition) is 2. The molecule has 1 aliphatic heterocycles. The molecule has 2 aromatic rings. The molecule has 1 saturated heterocycles. The summed E-state index contributed by atoms with van der Waals surface area (Å²) in [6, 6.07) is 15.7. The first-order valence-electron chi connectivity index (χ1n) is 7.52. The van der Waals surface area contributed by atoms with Crippen molar-refractivity contribution in [2.24, 2.45) is 0 Å². The molecule has 118 valence electrons. The van der Waals surface area contributed by atoms with Gasteiger partial charge >= 0.3 is 0 Å². The van der Waals surface area contributed by atoms with Crippen LogP contribution in [0, 0.1) is 0 Å². The van der Waals surface area contributed by atoms with E-state index in [1.165, 1.54) is 0 Å². The molecule has 0 saturated carbocycles. The number of phenols is 1. The Balaban J connectivity index is 1.72. The van der Waals surface area contributed by atoms with Crippen LogP contribution in [0.1, 0.15) is 11.1 Å². The summed E-state index contributed by atoms with van der Waals surface area (Å²) in [5.74, 6) is -0.0516. The van der Waals surface area contributed by atoms with E-state index in [4.69, 9.17) is 0 Å². The largest absolute Gasteiger partial charge is 0.508 e. The van der Waals surface area contributed by atoms with Gasteiger partial charge in [-0.15, -0.1) is 0 Å². The summed E-state index contributed by atoms with van der Waals surface area (Å²) in [5.41, 5.74) is 1.89. The summed E-state index contributed by atoms with van der Waals surface area (Å²) in [5, 5.41) is 12.1. The smallest absolute Gasteiger partial charge is 0.246 e. The third kappa shape index (κ3) is 3.69. The predicted molar refractivity (Wildman–Crippen MR) is 85.6 cm³/mol. The van der Waals surface area contributed by atoms with Gasteiger partial charge in [0.25, 0.3) is 0 Å². The maximum atomic E-state index is 12.6. The highest BCUT2D eigenvalue weighted by Gasteiger charge is 2.32. The summed E-state index contributed by atoms with van der Waals surface area (Å²) in [6.07, 6.45) is 0.413. The van der Waals surface area contributed by atoms with Crippen molar-refractivity contribution in [2.75, 3.05) is 6.54 Å². The van der Waals surface area contributed by atoms with Crippen LogP contribution in [0.4, 0.5) is 0 Å². The van der Waals surface area contributed by atoms with Crippen molar-refractivity contribution in [3.05, 3.63) is 65.7 Å². The molecule has 1 fully saturated rings. The fourth-order valence-electron chi connectivity index (χ4n) is 2.72. The van der Waals surface area contributed by atoms with E-state index in [9.17, 15) is 14.7 Å². The lowest BCUT2D eigenvalue weighted by molar-refractivity contribution is -0.144. The molecule has 5 heteroatoms. The van der Waals surface area contributed by atoms with E-state index in [1.807, 2.05) is 30.3 Å². The SMILES string of the molecule is O=C1CN(Cc2ccccc2)C(=O)[C@H](Cc2ccc(O)cc2)N1. The van der Waals surface area contributed by atoms with E-state index in [0.717, 1.165) is 11.1 Å². The molecular formula is C18H18N2O3. The minimum atomic E-state index is -0.565. The number of carbonyl (C=O) groups excluding carboxylic acids is 2. The van der Waals surface area contributed by atoms with Crippen molar-refractivity contribution in [1.29, 1.82) is 0 Å². The van der Waals surface area contributed by atoms with Crippen molar-refractivity contribution in [2.45, 2.75) is 19.0 Å². The van der Waals surface area contributed by atoms with E-state index in [-0.39, 0.29) is 24.1 Å². The van der Waals surface area contributed by atoms with E-state index >= 15 is 0 Å². The van der Waals surface area contributed by atoms with Gasteiger partial charge in [-0.25, -0.2) is 0 Å². The molecule has 0 bridgehead atoms. The number of nitrogens with one attached hydrogen (secondary N) is 1. The first kappa shape index (κ1) is 15.1. The number of carbonyl (C=O) groups is 2. The van der Waals surface area contributed by atoms with Gasteiger partial charge in [-0.3, -0.25) is 9.59 Å². The Bertz CT molecular complexity index is 698. The van der Waals surface area contributed by atoms with Crippen LogP contribution in [0.3, 0.4) is 0 Å². The quantitative estimate of drug-likeness (QED) is 0.898. The fraction of sp³-hybridized carbons (Fsp3) is 0.222. The van der Waals surface area contributed by atoms with Gasteiger partial charge in [-0.2, -0.15) is 0 Å². The van der Waals surface area contributed by atoms with Crippen molar-refractivity contribution in [3.63, 3.8) is 0 Å². The third-order valence-electron chi connectivity index (χ3n) is 3.87.